The van der Waals surface area contributed by atoms with Gasteiger partial charge in [0.2, 0.25) is 23.6 Å². The molecule has 4 aliphatic rings. The number of aromatic nitrogens is 2. The van der Waals surface area contributed by atoms with Gasteiger partial charge in [-0.3, -0.25) is 33.6 Å². The molecule has 5 aromatic rings. The summed E-state index contributed by atoms with van der Waals surface area (Å²) < 4.78 is 8.38. The maximum Gasteiger partial charge on any atom is 0.242 e. The molecule has 3 aromatic carbocycles. The number of aryl methyl sites for hydroxylation is 2. The summed E-state index contributed by atoms with van der Waals surface area (Å²) in [6.07, 6.45) is 2.40. The number of methoxy groups -OCH3 is 1. The molecule has 6 unspecified atom stereocenters. The second kappa shape index (κ2) is 12.7. The van der Waals surface area contributed by atoms with E-state index < -0.39 is 46.8 Å². The number of fused-ring (bicyclic) bond motifs is 5. The summed E-state index contributed by atoms with van der Waals surface area (Å²) in [5, 5.41) is 16.9. The number of ether oxygens (including phenoxy) is 1. The average molecular weight is 789 g/mol. The molecule has 2 aromatic heterocycles. The topological polar surface area (TPSA) is 139 Å². The van der Waals surface area contributed by atoms with Gasteiger partial charge in [0.1, 0.15) is 23.0 Å². The van der Waals surface area contributed by atoms with E-state index in [9.17, 15) is 24.3 Å². The Bertz CT molecular complexity index is 2610. The minimum absolute atomic E-state index is 0.0305. The molecule has 284 valence electrons. The molecule has 1 N–H and O–H groups in total. The van der Waals surface area contributed by atoms with E-state index in [1.165, 1.54) is 36.0 Å². The molecule has 2 aliphatic carbocycles. The van der Waals surface area contributed by atoms with Gasteiger partial charge < -0.3 is 9.84 Å². The van der Waals surface area contributed by atoms with Crippen molar-refractivity contribution < 1.29 is 33.8 Å². The molecule has 56 heavy (non-hydrogen) atoms. The number of benzene rings is 3. The van der Waals surface area contributed by atoms with Crippen LogP contribution in [0.2, 0.25) is 5.02 Å². The maximum absolute atomic E-state index is 15.2. The lowest BCUT2D eigenvalue weighted by Crippen LogP contribution is -2.49. The van der Waals surface area contributed by atoms with Crippen LogP contribution in [-0.4, -0.2) is 51.4 Å². The molecule has 0 radical (unpaired) electrons. The van der Waals surface area contributed by atoms with E-state index in [0.717, 1.165) is 26.1 Å². The highest BCUT2D eigenvalue weighted by molar-refractivity contribution is 7.22. The van der Waals surface area contributed by atoms with E-state index in [-0.39, 0.29) is 36.2 Å². The largest absolute Gasteiger partial charge is 0.508 e. The summed E-state index contributed by atoms with van der Waals surface area (Å²) in [6, 6.07) is 18.6. The number of Topliss-reactive ketones (excluding diaryl/α,β-unsaturated/α-hetero) is 1. The van der Waals surface area contributed by atoms with Crippen LogP contribution in [0.1, 0.15) is 54.1 Å². The lowest BCUT2D eigenvalue weighted by Gasteiger charge is -2.49. The highest BCUT2D eigenvalue weighted by Crippen LogP contribution is 2.64. The van der Waals surface area contributed by atoms with Crippen molar-refractivity contribution in [2.24, 2.45) is 36.1 Å². The quantitative estimate of drug-likeness (QED) is 0.105. The molecule has 0 spiro atoms. The predicted molar refractivity (Wildman–Crippen MR) is 212 cm³/mol. The molecule has 4 amide bonds. The number of hydrogen-bond acceptors (Lipinski definition) is 9. The van der Waals surface area contributed by atoms with Gasteiger partial charge in [0.15, 0.2) is 5.78 Å². The van der Waals surface area contributed by atoms with Gasteiger partial charge in [-0.1, -0.05) is 29.3 Å². The van der Waals surface area contributed by atoms with Crippen LogP contribution >= 0.6 is 22.9 Å². The van der Waals surface area contributed by atoms with Crippen molar-refractivity contribution in [2.45, 2.75) is 39.5 Å². The Morgan fingerprint density at radius 1 is 0.964 bits per heavy atom. The van der Waals surface area contributed by atoms with E-state index in [0.29, 0.717) is 39.1 Å². The van der Waals surface area contributed by atoms with E-state index in [1.807, 2.05) is 31.2 Å². The van der Waals surface area contributed by atoms with E-state index in [4.69, 9.17) is 21.4 Å². The van der Waals surface area contributed by atoms with Crippen LogP contribution in [0, 0.1) is 36.0 Å². The first-order valence-electron chi connectivity index (χ1n) is 18.4. The number of aromatic hydroxyl groups is 1. The molecular weight excluding hydrogens is 752 g/mol. The number of carbonyl (C=O) groups is 5. The number of ketones is 1. The Hall–Kier alpha value is -5.59. The number of allylic oxidation sites excluding steroid dienone is 2. The van der Waals surface area contributed by atoms with Crippen LogP contribution in [0.3, 0.4) is 0 Å². The van der Waals surface area contributed by atoms with Gasteiger partial charge in [-0.25, -0.2) is 4.90 Å². The highest BCUT2D eigenvalue weighted by atomic mass is 35.5. The molecule has 3 fully saturated rings. The van der Waals surface area contributed by atoms with Crippen LogP contribution in [0.25, 0.3) is 20.7 Å². The molecule has 9 rings (SSSR count). The monoisotopic (exact) mass is 788 g/mol. The van der Waals surface area contributed by atoms with E-state index >= 15 is 4.79 Å². The molecule has 11 nitrogen and oxygen atoms in total. The van der Waals surface area contributed by atoms with Gasteiger partial charge in [0, 0.05) is 45.9 Å². The number of rotatable bonds is 6. The first-order chi connectivity index (χ1) is 26.7. The van der Waals surface area contributed by atoms with Crippen molar-refractivity contribution in [3.8, 4) is 22.1 Å². The van der Waals surface area contributed by atoms with Crippen LogP contribution in [0.15, 0.2) is 78.4 Å². The van der Waals surface area contributed by atoms with Gasteiger partial charge in [-0.05, 0) is 99.0 Å². The second-order valence-corrected chi connectivity index (χ2v) is 16.9. The fraction of sp³-hybridized carbons (Fsp3) is 0.302. The number of thiophene rings is 1. The average Bonchev–Trinajstić information content (AvgIpc) is 3.85. The third kappa shape index (κ3) is 5.01. The minimum Gasteiger partial charge on any atom is -0.508 e. The number of anilines is 2. The molecule has 6 atom stereocenters. The predicted octanol–water partition coefficient (Wildman–Crippen LogP) is 7.62. The lowest BCUT2D eigenvalue weighted by atomic mass is 9.51. The van der Waals surface area contributed by atoms with Crippen molar-refractivity contribution in [1.82, 2.24) is 9.78 Å². The van der Waals surface area contributed by atoms with Gasteiger partial charge in [0.25, 0.3) is 0 Å². The number of halogens is 1. The van der Waals surface area contributed by atoms with Crippen LogP contribution in [0.5, 0.6) is 11.5 Å². The fourth-order valence-electron chi connectivity index (χ4n) is 9.83. The lowest BCUT2D eigenvalue weighted by molar-refractivity contribution is -0.131. The normalized spacial score (nSPS) is 25.8. The Balaban J connectivity index is 1.15. The smallest absolute Gasteiger partial charge is 0.242 e. The molecule has 13 heteroatoms. The van der Waals surface area contributed by atoms with Gasteiger partial charge in [-0.15, -0.1) is 11.3 Å². The number of phenolic OH excluding ortho intramolecular Hbond substituents is 1. The maximum atomic E-state index is 15.2. The molecule has 4 heterocycles. The van der Waals surface area contributed by atoms with Gasteiger partial charge in [0.05, 0.1) is 40.8 Å². The number of imide groups is 2. The third-order valence-electron chi connectivity index (χ3n) is 12.5. The number of nitrogens with zero attached hydrogens (tertiary/aromatic N) is 4. The van der Waals surface area contributed by atoms with Gasteiger partial charge >= 0.3 is 0 Å². The molecular formula is C43H37ClN4O7S. The zero-order chi connectivity index (χ0) is 39.5. The Morgan fingerprint density at radius 2 is 1.71 bits per heavy atom. The van der Waals surface area contributed by atoms with Crippen LogP contribution in [-0.2, 0) is 26.2 Å². The van der Waals surface area contributed by atoms with Gasteiger partial charge in [-0.2, -0.15) is 5.10 Å². The Kier molecular flexibility index (Phi) is 8.19. The van der Waals surface area contributed by atoms with Crippen molar-refractivity contribution in [3.63, 3.8) is 0 Å². The number of carbonyl (C=O) groups excluding carboxylic acids is 5. The summed E-state index contributed by atoms with van der Waals surface area (Å²) in [5.74, 6) is -4.67. The van der Waals surface area contributed by atoms with Crippen molar-refractivity contribution in [1.29, 1.82) is 0 Å². The second-order valence-electron chi connectivity index (χ2n) is 15.4. The first-order valence-corrected chi connectivity index (χ1v) is 19.6. The minimum atomic E-state index is -1.33. The summed E-state index contributed by atoms with van der Waals surface area (Å²) in [7, 11) is 3.18. The third-order valence-corrected chi connectivity index (χ3v) is 14.1. The molecule has 1 saturated carbocycles. The molecule has 2 saturated heterocycles. The summed E-state index contributed by atoms with van der Waals surface area (Å²) >= 11 is 7.87. The number of amides is 4. The van der Waals surface area contributed by atoms with Crippen LogP contribution < -0.4 is 14.5 Å². The Labute approximate surface area is 331 Å². The van der Waals surface area contributed by atoms with Crippen molar-refractivity contribution >= 4 is 73.9 Å². The summed E-state index contributed by atoms with van der Waals surface area (Å²) in [5.41, 5.74) is 2.48. The van der Waals surface area contributed by atoms with Crippen LogP contribution in [0.4, 0.5) is 11.5 Å². The first kappa shape index (κ1) is 36.1. The summed E-state index contributed by atoms with van der Waals surface area (Å²) in [4.78, 5) is 74.0. The molecule has 2 aliphatic heterocycles. The van der Waals surface area contributed by atoms with E-state index in [1.54, 1.807) is 66.4 Å². The SMILES string of the molecule is COc1cc(O)ccc1C1C2=CCC3C(=O)N(c4ccc(C(C)=O)cc4)C(=O)C3C2CC2C(=O)N(c3cc(-c4sc5ccc(Cl)cc5c4C)nn3C)C(=O)C21C. The fourth-order valence-corrected chi connectivity index (χ4v) is 11.1. The van der Waals surface area contributed by atoms with E-state index in [2.05, 4.69) is 0 Å². The molecule has 0 bridgehead atoms. The van der Waals surface area contributed by atoms with Crippen molar-refractivity contribution in [2.75, 3.05) is 16.9 Å². The standard InChI is InChI=1S/C43H37ClN4O7S/c1-20-29-16-23(44)8-15-34(29)56-38(20)32-19-35(46(4)45-32)48-40(52)31-18-30-26(37(43(31,3)42(48)54)27-12-11-25(50)17-33(27)55-5)13-14-28-36(30)41(53)47(39(28)51)24-9-6-22(7-10-24)21(2)49/h6-13,15-17,19,28,30-31,36-37,50H,14,18H2,1-5H3. The zero-order valence-electron chi connectivity index (χ0n) is 31.2. The number of phenols is 1. The zero-order valence-corrected chi connectivity index (χ0v) is 32.8. The van der Waals surface area contributed by atoms with Crippen molar-refractivity contribution in [3.05, 3.63) is 100 Å². The Morgan fingerprint density at radius 3 is 2.43 bits per heavy atom. The highest BCUT2D eigenvalue weighted by Gasteiger charge is 2.68. The number of hydrogen-bond donors (Lipinski definition) is 1. The summed E-state index contributed by atoms with van der Waals surface area (Å²) in [6.45, 7) is 5.25.